The highest BCUT2D eigenvalue weighted by molar-refractivity contribution is 5.97. The van der Waals surface area contributed by atoms with Gasteiger partial charge in [0.1, 0.15) is 0 Å². The topological polar surface area (TPSA) is 66.8 Å². The monoisotopic (exact) mass is 277 g/mol. The van der Waals surface area contributed by atoms with Gasteiger partial charge in [-0.25, -0.2) is 9.69 Å². The largest absolute Gasteiger partial charge is 0.449 e. The van der Waals surface area contributed by atoms with E-state index in [1.54, 1.807) is 31.2 Å². The third kappa shape index (κ3) is 2.67. The molecule has 0 aromatic heterocycles. The molecule has 1 fully saturated rings. The number of hydrogen-bond donors (Lipinski definition) is 1. The van der Waals surface area contributed by atoms with Crippen LogP contribution in [0, 0.1) is 0 Å². The van der Waals surface area contributed by atoms with E-state index >= 15 is 0 Å². The fourth-order valence-corrected chi connectivity index (χ4v) is 2.44. The molecule has 5 nitrogen and oxygen atoms in total. The van der Waals surface area contributed by atoms with E-state index in [9.17, 15) is 14.7 Å². The molecular formula is C15H19NO4. The smallest absolute Gasteiger partial charge is 0.416 e. The Morgan fingerprint density at radius 2 is 2.05 bits per heavy atom. The number of imide groups is 1. The number of hydrogen-bond acceptors (Lipinski definition) is 4. The molecule has 0 aliphatic carbocycles. The SMILES string of the molecule is CCOC(=O)N1CCCCC(O)(c2ccccc2)C1=O. The van der Waals surface area contributed by atoms with Crippen molar-refractivity contribution >= 4 is 12.0 Å². The summed E-state index contributed by atoms with van der Waals surface area (Å²) in [6.45, 7) is 2.17. The van der Waals surface area contributed by atoms with Crippen LogP contribution in [0.4, 0.5) is 4.79 Å². The van der Waals surface area contributed by atoms with Crippen LogP contribution in [0.5, 0.6) is 0 Å². The quantitative estimate of drug-likeness (QED) is 0.898. The van der Waals surface area contributed by atoms with E-state index in [2.05, 4.69) is 0 Å². The minimum atomic E-state index is -1.65. The van der Waals surface area contributed by atoms with Gasteiger partial charge in [-0.05, 0) is 31.7 Å². The van der Waals surface area contributed by atoms with Gasteiger partial charge >= 0.3 is 6.09 Å². The molecule has 1 N–H and O–H groups in total. The summed E-state index contributed by atoms with van der Waals surface area (Å²) in [6, 6.07) is 8.75. The first kappa shape index (κ1) is 14.5. The highest BCUT2D eigenvalue weighted by Gasteiger charge is 2.44. The number of amides is 2. The Morgan fingerprint density at radius 3 is 2.70 bits per heavy atom. The standard InChI is InChI=1S/C15H19NO4/c1-2-20-14(18)16-11-7-6-10-15(19,13(16)17)12-8-4-3-5-9-12/h3-5,8-9,19H,2,6-7,10-11H2,1H3. The second-order valence-electron chi connectivity index (χ2n) is 4.84. The maximum absolute atomic E-state index is 12.6. The van der Waals surface area contributed by atoms with E-state index in [1.807, 2.05) is 6.07 Å². The lowest BCUT2D eigenvalue weighted by Gasteiger charge is -2.29. The molecule has 1 unspecified atom stereocenters. The van der Waals surface area contributed by atoms with Crippen molar-refractivity contribution in [1.29, 1.82) is 0 Å². The van der Waals surface area contributed by atoms with Gasteiger partial charge in [0, 0.05) is 6.54 Å². The minimum absolute atomic E-state index is 0.201. The van der Waals surface area contributed by atoms with E-state index < -0.39 is 17.6 Å². The molecule has 2 amide bonds. The first-order chi connectivity index (χ1) is 9.59. The highest BCUT2D eigenvalue weighted by Crippen LogP contribution is 2.32. The molecule has 2 rings (SSSR count). The Hall–Kier alpha value is -1.88. The number of carbonyl (C=O) groups is 2. The van der Waals surface area contributed by atoms with Gasteiger partial charge in [-0.15, -0.1) is 0 Å². The summed E-state index contributed by atoms with van der Waals surface area (Å²) < 4.78 is 4.89. The van der Waals surface area contributed by atoms with Crippen LogP contribution in [-0.2, 0) is 15.1 Å². The predicted octanol–water partition coefficient (Wildman–Crippen LogP) is 2.04. The van der Waals surface area contributed by atoms with Crippen molar-refractivity contribution in [3.8, 4) is 0 Å². The molecule has 0 bridgehead atoms. The minimum Gasteiger partial charge on any atom is -0.449 e. The second kappa shape index (κ2) is 6.05. The Labute approximate surface area is 118 Å². The number of likely N-dealkylation sites (tertiary alicyclic amines) is 1. The van der Waals surface area contributed by atoms with Crippen LogP contribution in [0.3, 0.4) is 0 Å². The van der Waals surface area contributed by atoms with Gasteiger partial charge in [0.25, 0.3) is 5.91 Å². The average molecular weight is 277 g/mol. The van der Waals surface area contributed by atoms with Crippen LogP contribution in [0.25, 0.3) is 0 Å². The van der Waals surface area contributed by atoms with Crippen LogP contribution in [0.15, 0.2) is 30.3 Å². The number of nitrogens with zero attached hydrogens (tertiary/aromatic N) is 1. The molecule has 108 valence electrons. The fourth-order valence-electron chi connectivity index (χ4n) is 2.44. The van der Waals surface area contributed by atoms with Crippen molar-refractivity contribution in [3.63, 3.8) is 0 Å². The fraction of sp³-hybridized carbons (Fsp3) is 0.467. The molecule has 1 aliphatic rings. The summed E-state index contributed by atoms with van der Waals surface area (Å²) in [6.07, 6.45) is 0.965. The van der Waals surface area contributed by atoms with Crippen molar-refractivity contribution < 1.29 is 19.4 Å². The maximum atomic E-state index is 12.6. The molecule has 5 heteroatoms. The summed E-state index contributed by atoms with van der Waals surface area (Å²) in [5.74, 6) is -0.598. The van der Waals surface area contributed by atoms with Crippen LogP contribution >= 0.6 is 0 Å². The summed E-state index contributed by atoms with van der Waals surface area (Å²) in [5.41, 5.74) is -1.13. The van der Waals surface area contributed by atoms with E-state index in [0.29, 0.717) is 24.8 Å². The zero-order chi connectivity index (χ0) is 14.6. The first-order valence-corrected chi connectivity index (χ1v) is 6.86. The Bertz CT molecular complexity index is 488. The van der Waals surface area contributed by atoms with Crippen LogP contribution in [0.2, 0.25) is 0 Å². The van der Waals surface area contributed by atoms with Crippen LogP contribution < -0.4 is 0 Å². The summed E-state index contributed by atoms with van der Waals surface area (Å²) in [7, 11) is 0. The Kier molecular flexibility index (Phi) is 4.39. The van der Waals surface area contributed by atoms with E-state index in [4.69, 9.17) is 4.74 Å². The van der Waals surface area contributed by atoms with Gasteiger partial charge < -0.3 is 9.84 Å². The summed E-state index contributed by atoms with van der Waals surface area (Å²) in [5, 5.41) is 10.8. The van der Waals surface area contributed by atoms with Gasteiger partial charge in [0.2, 0.25) is 0 Å². The van der Waals surface area contributed by atoms with Crippen molar-refractivity contribution in [2.24, 2.45) is 0 Å². The van der Waals surface area contributed by atoms with Crippen molar-refractivity contribution in [1.82, 2.24) is 4.90 Å². The molecule has 1 heterocycles. The molecule has 1 aromatic carbocycles. The Morgan fingerprint density at radius 1 is 1.35 bits per heavy atom. The lowest BCUT2D eigenvalue weighted by atomic mass is 9.88. The first-order valence-electron chi connectivity index (χ1n) is 6.86. The van der Waals surface area contributed by atoms with Gasteiger partial charge in [-0.1, -0.05) is 30.3 Å². The maximum Gasteiger partial charge on any atom is 0.416 e. The lowest BCUT2D eigenvalue weighted by Crippen LogP contribution is -2.48. The third-order valence-electron chi connectivity index (χ3n) is 3.51. The molecule has 1 atom stereocenters. The van der Waals surface area contributed by atoms with Gasteiger partial charge in [0.05, 0.1) is 6.61 Å². The van der Waals surface area contributed by atoms with Crippen molar-refractivity contribution in [3.05, 3.63) is 35.9 Å². The zero-order valence-electron chi connectivity index (χ0n) is 11.5. The highest BCUT2D eigenvalue weighted by atomic mass is 16.6. The van der Waals surface area contributed by atoms with E-state index in [1.165, 1.54) is 0 Å². The number of rotatable bonds is 2. The van der Waals surface area contributed by atoms with Crippen molar-refractivity contribution in [2.45, 2.75) is 31.8 Å². The molecule has 1 saturated heterocycles. The van der Waals surface area contributed by atoms with E-state index in [0.717, 1.165) is 4.90 Å². The molecule has 0 saturated carbocycles. The summed E-state index contributed by atoms with van der Waals surface area (Å²) in [4.78, 5) is 25.4. The molecule has 0 radical (unpaired) electrons. The zero-order valence-corrected chi connectivity index (χ0v) is 11.5. The van der Waals surface area contributed by atoms with Gasteiger partial charge in [0.15, 0.2) is 5.60 Å². The Balaban J connectivity index is 2.33. The van der Waals surface area contributed by atoms with Gasteiger partial charge in [-0.3, -0.25) is 4.79 Å². The predicted molar refractivity (Wildman–Crippen MR) is 72.9 cm³/mol. The molecular weight excluding hydrogens is 258 g/mol. The second-order valence-corrected chi connectivity index (χ2v) is 4.84. The van der Waals surface area contributed by atoms with E-state index in [-0.39, 0.29) is 13.2 Å². The number of carbonyl (C=O) groups excluding carboxylic acids is 2. The number of ether oxygens (including phenoxy) is 1. The normalized spacial score (nSPS) is 23.3. The van der Waals surface area contributed by atoms with Gasteiger partial charge in [-0.2, -0.15) is 0 Å². The number of benzene rings is 1. The third-order valence-corrected chi connectivity index (χ3v) is 3.51. The number of aliphatic hydroxyl groups is 1. The molecule has 0 spiro atoms. The van der Waals surface area contributed by atoms with Crippen LogP contribution in [0.1, 0.15) is 31.7 Å². The van der Waals surface area contributed by atoms with Crippen LogP contribution in [-0.4, -0.2) is 35.2 Å². The van der Waals surface area contributed by atoms with Crippen molar-refractivity contribution in [2.75, 3.05) is 13.2 Å². The average Bonchev–Trinajstić information content (AvgIpc) is 2.61. The molecule has 20 heavy (non-hydrogen) atoms. The summed E-state index contributed by atoms with van der Waals surface area (Å²) >= 11 is 0. The lowest BCUT2D eigenvalue weighted by molar-refractivity contribution is -0.149. The molecule has 1 aliphatic heterocycles. The molecule has 1 aromatic rings.